The van der Waals surface area contributed by atoms with Gasteiger partial charge in [0.1, 0.15) is 5.76 Å². The van der Waals surface area contributed by atoms with Gasteiger partial charge in [-0.15, -0.1) is 0 Å². The van der Waals surface area contributed by atoms with Crippen molar-refractivity contribution in [1.29, 1.82) is 0 Å². The standard InChI is InChI=1S/C16H15ClN2O3/c17-14-6-2-1-4-11(14)8-12-9-15(22-19-12)16(20)18-10-13-5-3-7-21-13/h1-7,15H,8-10H2,(H,18,20). The topological polar surface area (TPSA) is 63.8 Å². The van der Waals surface area contributed by atoms with Crippen molar-refractivity contribution in [2.75, 3.05) is 0 Å². The molecule has 2 heterocycles. The maximum absolute atomic E-state index is 12.0. The summed E-state index contributed by atoms with van der Waals surface area (Å²) in [5, 5.41) is 7.45. The molecule has 3 rings (SSSR count). The van der Waals surface area contributed by atoms with Crippen LogP contribution in [0.5, 0.6) is 0 Å². The molecule has 1 aromatic carbocycles. The number of nitrogens with zero attached hydrogens (tertiary/aromatic N) is 1. The van der Waals surface area contributed by atoms with Crippen LogP contribution in [0.15, 0.2) is 52.2 Å². The summed E-state index contributed by atoms with van der Waals surface area (Å²) in [5.41, 5.74) is 1.79. The molecule has 1 aromatic heterocycles. The van der Waals surface area contributed by atoms with E-state index in [2.05, 4.69) is 10.5 Å². The monoisotopic (exact) mass is 318 g/mol. The molecule has 0 spiro atoms. The van der Waals surface area contributed by atoms with Crippen molar-refractivity contribution in [3.63, 3.8) is 0 Å². The lowest BCUT2D eigenvalue weighted by Crippen LogP contribution is -2.34. The number of furan rings is 1. The number of carbonyl (C=O) groups is 1. The lowest BCUT2D eigenvalue weighted by atomic mass is 10.0. The quantitative estimate of drug-likeness (QED) is 0.922. The summed E-state index contributed by atoms with van der Waals surface area (Å²) in [6, 6.07) is 11.2. The largest absolute Gasteiger partial charge is 0.467 e. The smallest absolute Gasteiger partial charge is 0.264 e. The van der Waals surface area contributed by atoms with Crippen molar-refractivity contribution in [3.8, 4) is 0 Å². The van der Waals surface area contributed by atoms with Gasteiger partial charge in [-0.05, 0) is 23.8 Å². The number of hydrogen-bond donors (Lipinski definition) is 1. The average Bonchev–Trinajstić information content (AvgIpc) is 3.19. The van der Waals surface area contributed by atoms with Crippen LogP contribution < -0.4 is 5.32 Å². The highest BCUT2D eigenvalue weighted by atomic mass is 35.5. The van der Waals surface area contributed by atoms with Gasteiger partial charge in [0.25, 0.3) is 5.91 Å². The van der Waals surface area contributed by atoms with Crippen LogP contribution in [0.2, 0.25) is 5.02 Å². The molecule has 2 aromatic rings. The van der Waals surface area contributed by atoms with Gasteiger partial charge in [0.05, 0.1) is 18.5 Å². The molecule has 22 heavy (non-hydrogen) atoms. The van der Waals surface area contributed by atoms with E-state index in [1.165, 1.54) is 0 Å². The van der Waals surface area contributed by atoms with Crippen molar-refractivity contribution in [1.82, 2.24) is 5.32 Å². The SMILES string of the molecule is O=C(NCc1ccco1)C1CC(Cc2ccccc2Cl)=NO1. The second kappa shape index (κ2) is 6.66. The summed E-state index contributed by atoms with van der Waals surface area (Å²) in [6.45, 7) is 0.339. The average molecular weight is 319 g/mol. The van der Waals surface area contributed by atoms with Gasteiger partial charge in [0.15, 0.2) is 0 Å². The van der Waals surface area contributed by atoms with E-state index in [0.717, 1.165) is 11.3 Å². The minimum Gasteiger partial charge on any atom is -0.467 e. The highest BCUT2D eigenvalue weighted by Gasteiger charge is 2.28. The Hall–Kier alpha value is -2.27. The van der Waals surface area contributed by atoms with Crippen LogP contribution in [0.4, 0.5) is 0 Å². The van der Waals surface area contributed by atoms with E-state index >= 15 is 0 Å². The third-order valence-corrected chi connectivity index (χ3v) is 3.76. The van der Waals surface area contributed by atoms with Crippen LogP contribution >= 0.6 is 11.6 Å². The number of rotatable bonds is 5. The zero-order valence-corrected chi connectivity index (χ0v) is 12.5. The normalized spacial score (nSPS) is 17.0. The van der Waals surface area contributed by atoms with E-state index in [0.29, 0.717) is 30.2 Å². The van der Waals surface area contributed by atoms with E-state index < -0.39 is 6.10 Å². The van der Waals surface area contributed by atoms with Gasteiger partial charge in [-0.3, -0.25) is 4.79 Å². The highest BCUT2D eigenvalue weighted by molar-refractivity contribution is 6.31. The summed E-state index contributed by atoms with van der Waals surface area (Å²) in [5.74, 6) is 0.498. The molecule has 0 saturated carbocycles. The van der Waals surface area contributed by atoms with Gasteiger partial charge in [0, 0.05) is 17.9 Å². The second-order valence-electron chi connectivity index (χ2n) is 5.02. The highest BCUT2D eigenvalue weighted by Crippen LogP contribution is 2.20. The lowest BCUT2D eigenvalue weighted by Gasteiger charge is -2.08. The number of hydrogen-bond acceptors (Lipinski definition) is 4. The molecular formula is C16H15ClN2O3. The second-order valence-corrected chi connectivity index (χ2v) is 5.43. The van der Waals surface area contributed by atoms with Crippen LogP contribution in [-0.4, -0.2) is 17.7 Å². The molecule has 5 nitrogen and oxygen atoms in total. The van der Waals surface area contributed by atoms with Gasteiger partial charge in [0.2, 0.25) is 6.10 Å². The molecule has 6 heteroatoms. The molecule has 0 bridgehead atoms. The maximum Gasteiger partial charge on any atom is 0.264 e. The summed E-state index contributed by atoms with van der Waals surface area (Å²) >= 11 is 6.12. The van der Waals surface area contributed by atoms with Gasteiger partial charge >= 0.3 is 0 Å². The molecule has 0 fully saturated rings. The van der Waals surface area contributed by atoms with Gasteiger partial charge in [-0.1, -0.05) is 35.0 Å². The minimum absolute atomic E-state index is 0.200. The van der Waals surface area contributed by atoms with E-state index in [4.69, 9.17) is 20.9 Å². The van der Waals surface area contributed by atoms with Crippen LogP contribution in [0.3, 0.4) is 0 Å². The lowest BCUT2D eigenvalue weighted by molar-refractivity contribution is -0.131. The Morgan fingerprint density at radius 2 is 2.18 bits per heavy atom. The first-order chi connectivity index (χ1) is 10.7. The Morgan fingerprint density at radius 3 is 2.95 bits per heavy atom. The number of amides is 1. The molecule has 1 amide bonds. The first-order valence-electron chi connectivity index (χ1n) is 6.97. The first kappa shape index (κ1) is 14.7. The van der Waals surface area contributed by atoms with Crippen molar-refractivity contribution in [3.05, 3.63) is 59.0 Å². The van der Waals surface area contributed by atoms with Crippen LogP contribution in [0.1, 0.15) is 17.7 Å². The molecule has 0 aliphatic carbocycles. The predicted molar refractivity (Wildman–Crippen MR) is 82.6 cm³/mol. The Bertz CT molecular complexity index is 682. The number of nitrogens with one attached hydrogen (secondary N) is 1. The zero-order chi connectivity index (χ0) is 15.4. The molecule has 1 aliphatic heterocycles. The molecule has 1 aliphatic rings. The summed E-state index contributed by atoms with van der Waals surface area (Å²) in [7, 11) is 0. The predicted octanol–water partition coefficient (Wildman–Crippen LogP) is 2.94. The Balaban J connectivity index is 1.51. The summed E-state index contributed by atoms with van der Waals surface area (Å²) < 4.78 is 5.16. The molecule has 114 valence electrons. The summed E-state index contributed by atoms with van der Waals surface area (Å²) in [4.78, 5) is 17.2. The maximum atomic E-state index is 12.0. The van der Waals surface area contributed by atoms with Crippen molar-refractivity contribution < 1.29 is 14.0 Å². The zero-order valence-electron chi connectivity index (χ0n) is 11.8. The van der Waals surface area contributed by atoms with Crippen molar-refractivity contribution >= 4 is 23.2 Å². The van der Waals surface area contributed by atoms with Gasteiger partial charge in [-0.25, -0.2) is 0 Å². The Morgan fingerprint density at radius 1 is 1.32 bits per heavy atom. The number of oxime groups is 1. The third-order valence-electron chi connectivity index (χ3n) is 3.39. The minimum atomic E-state index is -0.590. The molecule has 1 unspecified atom stereocenters. The van der Waals surface area contributed by atoms with E-state index in [1.807, 2.05) is 24.3 Å². The van der Waals surface area contributed by atoms with E-state index in [-0.39, 0.29) is 5.91 Å². The van der Waals surface area contributed by atoms with E-state index in [1.54, 1.807) is 18.4 Å². The molecule has 1 N–H and O–H groups in total. The fraction of sp³-hybridized carbons (Fsp3) is 0.250. The summed E-state index contributed by atoms with van der Waals surface area (Å²) in [6.07, 6.45) is 2.03. The van der Waals surface area contributed by atoms with Crippen molar-refractivity contribution in [2.24, 2.45) is 5.16 Å². The van der Waals surface area contributed by atoms with Crippen LogP contribution in [0.25, 0.3) is 0 Å². The third kappa shape index (κ3) is 3.49. The number of carbonyl (C=O) groups excluding carboxylic acids is 1. The molecule has 0 radical (unpaired) electrons. The Kier molecular flexibility index (Phi) is 4.44. The van der Waals surface area contributed by atoms with Crippen LogP contribution in [0, 0.1) is 0 Å². The number of benzene rings is 1. The molecule has 0 saturated heterocycles. The first-order valence-corrected chi connectivity index (χ1v) is 7.35. The Labute approximate surface area is 132 Å². The number of halogens is 1. The molecular weight excluding hydrogens is 304 g/mol. The van der Waals surface area contributed by atoms with Crippen LogP contribution in [-0.2, 0) is 22.6 Å². The fourth-order valence-corrected chi connectivity index (χ4v) is 2.44. The van der Waals surface area contributed by atoms with E-state index in [9.17, 15) is 4.79 Å². The van der Waals surface area contributed by atoms with Gasteiger partial charge in [-0.2, -0.15) is 0 Å². The van der Waals surface area contributed by atoms with Gasteiger partial charge < -0.3 is 14.6 Å². The van der Waals surface area contributed by atoms with Crippen molar-refractivity contribution in [2.45, 2.75) is 25.5 Å². The fourth-order valence-electron chi connectivity index (χ4n) is 2.23. The molecule has 1 atom stereocenters.